The van der Waals surface area contributed by atoms with Crippen LogP contribution in [-0.4, -0.2) is 19.6 Å². The van der Waals surface area contributed by atoms with Gasteiger partial charge in [-0.3, -0.25) is 0 Å². The van der Waals surface area contributed by atoms with E-state index < -0.39 is 0 Å². The Labute approximate surface area is 96.2 Å². The lowest BCUT2D eigenvalue weighted by atomic mass is 10.1. The Balaban J connectivity index is 2.61. The third kappa shape index (κ3) is 1.72. The zero-order chi connectivity index (χ0) is 12.1. The van der Waals surface area contributed by atoms with Crippen LogP contribution in [0, 0.1) is 0 Å². The maximum Gasteiger partial charge on any atom is 0.183 e. The topological polar surface area (TPSA) is 35.6 Å². The number of rotatable bonds is 0. The Bertz CT molecular complexity index is 505. The van der Waals surface area contributed by atoms with Crippen molar-refractivity contribution in [3.63, 3.8) is 0 Å². The van der Waals surface area contributed by atoms with Gasteiger partial charge in [0.15, 0.2) is 5.65 Å². The summed E-state index contributed by atoms with van der Waals surface area (Å²) >= 11 is 0. The van der Waals surface area contributed by atoms with Gasteiger partial charge in [-0.2, -0.15) is 9.90 Å². The number of aromatic nitrogens is 4. The monoisotopic (exact) mass is 220 g/mol. The van der Waals surface area contributed by atoms with E-state index in [1.165, 1.54) is 0 Å². The molecule has 0 unspecified atom stereocenters. The molecule has 2 heterocycles. The van der Waals surface area contributed by atoms with E-state index in [2.05, 4.69) is 62.5 Å². The van der Waals surface area contributed by atoms with Crippen molar-refractivity contribution in [1.29, 1.82) is 0 Å². The van der Waals surface area contributed by atoms with E-state index in [9.17, 15) is 0 Å². The first kappa shape index (κ1) is 11.2. The fourth-order valence-corrected chi connectivity index (χ4v) is 1.65. The molecule has 0 saturated carbocycles. The van der Waals surface area contributed by atoms with Crippen LogP contribution in [0.5, 0.6) is 0 Å². The zero-order valence-electron chi connectivity index (χ0n) is 10.9. The summed E-state index contributed by atoms with van der Waals surface area (Å²) in [5.74, 6) is 0. The molecular weight excluding hydrogens is 200 g/mol. The first-order chi connectivity index (χ1) is 7.19. The molecule has 0 aliphatic heterocycles. The molecule has 0 saturated heterocycles. The molecule has 0 amide bonds. The second-order valence-corrected chi connectivity index (χ2v) is 6.23. The molecular formula is C12H20N4. The Morgan fingerprint density at radius 3 is 2.06 bits per heavy atom. The van der Waals surface area contributed by atoms with Gasteiger partial charge in [0.1, 0.15) is 5.52 Å². The lowest BCUT2D eigenvalue weighted by Crippen LogP contribution is -2.25. The van der Waals surface area contributed by atoms with Crippen molar-refractivity contribution in [2.24, 2.45) is 0 Å². The van der Waals surface area contributed by atoms with Crippen LogP contribution in [0.25, 0.3) is 11.2 Å². The summed E-state index contributed by atoms with van der Waals surface area (Å²) in [5.41, 5.74) is 1.90. The highest BCUT2D eigenvalue weighted by Crippen LogP contribution is 2.22. The highest BCUT2D eigenvalue weighted by atomic mass is 15.5. The fourth-order valence-electron chi connectivity index (χ4n) is 1.65. The number of hydrogen-bond acceptors (Lipinski definition) is 2. The van der Waals surface area contributed by atoms with Crippen molar-refractivity contribution in [3.8, 4) is 0 Å². The quantitative estimate of drug-likeness (QED) is 0.684. The molecule has 0 bridgehead atoms. The van der Waals surface area contributed by atoms with Crippen molar-refractivity contribution in [2.75, 3.05) is 0 Å². The number of nitrogens with zero attached hydrogens (tertiary/aromatic N) is 4. The third-order valence-corrected chi connectivity index (χ3v) is 2.55. The van der Waals surface area contributed by atoms with Gasteiger partial charge in [0.05, 0.1) is 5.54 Å². The van der Waals surface area contributed by atoms with Gasteiger partial charge in [-0.25, -0.2) is 0 Å². The molecule has 0 fully saturated rings. The highest BCUT2D eigenvalue weighted by Gasteiger charge is 2.21. The Hall–Kier alpha value is -1.32. The van der Waals surface area contributed by atoms with Gasteiger partial charge in [-0.05, 0) is 47.6 Å². The molecule has 88 valence electrons. The minimum absolute atomic E-state index is 0.0422. The van der Waals surface area contributed by atoms with E-state index in [0.29, 0.717) is 0 Å². The maximum absolute atomic E-state index is 4.58. The summed E-state index contributed by atoms with van der Waals surface area (Å²) in [5, 5.41) is 9.08. The minimum atomic E-state index is -0.0677. The van der Waals surface area contributed by atoms with Crippen LogP contribution in [0.2, 0.25) is 0 Å². The normalized spacial score (nSPS) is 13.6. The summed E-state index contributed by atoms with van der Waals surface area (Å²) in [7, 11) is 0. The van der Waals surface area contributed by atoms with Crippen molar-refractivity contribution in [2.45, 2.75) is 52.6 Å². The van der Waals surface area contributed by atoms with Gasteiger partial charge in [0.25, 0.3) is 0 Å². The summed E-state index contributed by atoms with van der Waals surface area (Å²) < 4.78 is 2.16. The molecule has 16 heavy (non-hydrogen) atoms. The van der Waals surface area contributed by atoms with E-state index in [1.807, 2.05) is 6.07 Å². The lowest BCUT2D eigenvalue weighted by molar-refractivity contribution is 0.312. The molecule has 0 atom stereocenters. The Morgan fingerprint density at radius 2 is 1.56 bits per heavy atom. The van der Waals surface area contributed by atoms with Crippen LogP contribution in [-0.2, 0) is 11.1 Å². The molecule has 2 rings (SSSR count). The van der Waals surface area contributed by atoms with Crippen molar-refractivity contribution in [3.05, 3.63) is 12.3 Å². The van der Waals surface area contributed by atoms with Crippen molar-refractivity contribution >= 4 is 11.2 Å². The smallest absolute Gasteiger partial charge is 0.183 e. The first-order valence-corrected chi connectivity index (χ1v) is 5.65. The van der Waals surface area contributed by atoms with Gasteiger partial charge in [0.2, 0.25) is 0 Å². The van der Waals surface area contributed by atoms with E-state index in [4.69, 9.17) is 0 Å². The predicted molar refractivity (Wildman–Crippen MR) is 65.5 cm³/mol. The fraction of sp³-hybridized carbons (Fsp3) is 0.667. The van der Waals surface area contributed by atoms with Crippen LogP contribution in [0.15, 0.2) is 12.3 Å². The van der Waals surface area contributed by atoms with E-state index in [0.717, 1.165) is 11.2 Å². The molecule has 0 N–H and O–H groups in total. The summed E-state index contributed by atoms with van der Waals surface area (Å²) in [4.78, 5) is 1.79. The van der Waals surface area contributed by atoms with Gasteiger partial charge < -0.3 is 4.57 Å². The number of hydrogen-bond donors (Lipinski definition) is 0. The molecule has 4 nitrogen and oxygen atoms in total. The summed E-state index contributed by atoms with van der Waals surface area (Å²) in [6, 6.07) is 2.02. The molecule has 0 spiro atoms. The molecule has 0 radical (unpaired) electrons. The average molecular weight is 220 g/mol. The van der Waals surface area contributed by atoms with Crippen LogP contribution in [0.1, 0.15) is 41.5 Å². The molecule has 0 aromatic carbocycles. The number of fused-ring (bicyclic) bond motifs is 1. The summed E-state index contributed by atoms with van der Waals surface area (Å²) in [6.45, 7) is 12.8. The van der Waals surface area contributed by atoms with Gasteiger partial charge in [-0.15, -0.1) is 5.10 Å². The molecule has 0 aliphatic rings. The van der Waals surface area contributed by atoms with Gasteiger partial charge >= 0.3 is 0 Å². The average Bonchev–Trinajstić information content (AvgIpc) is 2.53. The minimum Gasteiger partial charge on any atom is -0.324 e. The van der Waals surface area contributed by atoms with Crippen molar-refractivity contribution < 1.29 is 0 Å². The Kier molecular flexibility index (Phi) is 2.16. The van der Waals surface area contributed by atoms with Crippen LogP contribution in [0.4, 0.5) is 0 Å². The predicted octanol–water partition coefficient (Wildman–Crippen LogP) is 2.74. The van der Waals surface area contributed by atoms with E-state index >= 15 is 0 Å². The second kappa shape index (κ2) is 3.09. The van der Waals surface area contributed by atoms with Crippen LogP contribution >= 0.6 is 0 Å². The van der Waals surface area contributed by atoms with Crippen molar-refractivity contribution in [1.82, 2.24) is 19.6 Å². The van der Waals surface area contributed by atoms with Gasteiger partial charge in [0, 0.05) is 11.7 Å². The standard InChI is InChI=1S/C12H20N4/c1-11(2,3)15-8-7-9-10(15)14-16(13-9)12(4,5)6/h7-8H,1-6H3. The maximum atomic E-state index is 4.58. The third-order valence-electron chi connectivity index (χ3n) is 2.55. The zero-order valence-corrected chi connectivity index (χ0v) is 10.9. The molecule has 0 aliphatic carbocycles. The van der Waals surface area contributed by atoms with Gasteiger partial charge in [-0.1, -0.05) is 0 Å². The second-order valence-electron chi connectivity index (χ2n) is 6.23. The summed E-state index contributed by atoms with van der Waals surface area (Å²) in [6.07, 6.45) is 2.05. The largest absolute Gasteiger partial charge is 0.324 e. The first-order valence-electron chi connectivity index (χ1n) is 5.65. The van der Waals surface area contributed by atoms with E-state index in [1.54, 1.807) is 4.80 Å². The lowest BCUT2D eigenvalue weighted by Gasteiger charge is -2.21. The molecule has 2 aromatic heterocycles. The Morgan fingerprint density at radius 1 is 0.938 bits per heavy atom. The SMILES string of the molecule is CC(C)(C)n1nc2ccn(C(C)(C)C)c2n1. The van der Waals surface area contributed by atoms with Crippen LogP contribution in [0.3, 0.4) is 0 Å². The van der Waals surface area contributed by atoms with Crippen LogP contribution < -0.4 is 0 Å². The highest BCUT2D eigenvalue weighted by molar-refractivity contribution is 5.70. The van der Waals surface area contributed by atoms with E-state index in [-0.39, 0.29) is 11.1 Å². The molecule has 4 heteroatoms. The molecule has 2 aromatic rings.